The molecule has 0 bridgehead atoms. The number of hydrogen-bond acceptors (Lipinski definition) is 3. The molecule has 5 heteroatoms. The number of benzene rings is 3. The number of aryl methyl sites for hydroxylation is 1. The highest BCUT2D eigenvalue weighted by atomic mass is 16.5. The maximum atomic E-state index is 12.8. The Hall–Kier alpha value is -3.60. The molecule has 0 radical (unpaired) electrons. The number of amides is 2. The predicted molar refractivity (Wildman–Crippen MR) is 112 cm³/mol. The first-order chi connectivity index (χ1) is 14.1. The molecule has 3 aromatic carbocycles. The third-order valence-corrected chi connectivity index (χ3v) is 4.93. The summed E-state index contributed by atoms with van der Waals surface area (Å²) in [5.74, 6) is 0.341. The molecule has 0 saturated carbocycles. The molecule has 4 rings (SSSR count). The Morgan fingerprint density at radius 3 is 2.55 bits per heavy atom. The molecule has 1 heterocycles. The van der Waals surface area contributed by atoms with Gasteiger partial charge in [-0.25, -0.2) is 0 Å². The Labute approximate surface area is 169 Å². The molecule has 0 unspecified atom stereocenters. The van der Waals surface area contributed by atoms with E-state index in [1.54, 1.807) is 4.90 Å². The second-order valence-corrected chi connectivity index (χ2v) is 7.07. The normalized spacial score (nSPS) is 13.5. The summed E-state index contributed by atoms with van der Waals surface area (Å²) in [6.45, 7) is 2.67. The number of nitrogens with one attached hydrogen (secondary N) is 1. The second-order valence-electron chi connectivity index (χ2n) is 7.07. The average Bonchev–Trinajstić information content (AvgIpc) is 2.86. The van der Waals surface area contributed by atoms with Crippen molar-refractivity contribution in [1.82, 2.24) is 5.32 Å². The monoisotopic (exact) mass is 386 g/mol. The smallest absolute Gasteiger partial charge is 0.253 e. The van der Waals surface area contributed by atoms with Gasteiger partial charge in [0.05, 0.1) is 24.3 Å². The van der Waals surface area contributed by atoms with Crippen LogP contribution in [0.4, 0.5) is 5.69 Å². The van der Waals surface area contributed by atoms with Crippen molar-refractivity contribution in [3.63, 3.8) is 0 Å². The molecule has 0 aliphatic carbocycles. The van der Waals surface area contributed by atoms with E-state index in [2.05, 4.69) is 5.32 Å². The zero-order valence-corrected chi connectivity index (χ0v) is 16.2. The minimum atomic E-state index is -0.229. The predicted octanol–water partition coefficient (Wildman–Crippen LogP) is 3.85. The number of hydrogen-bond donors (Lipinski definition) is 1. The molecule has 1 N–H and O–H groups in total. The van der Waals surface area contributed by atoms with E-state index in [0.717, 1.165) is 22.4 Å². The van der Waals surface area contributed by atoms with E-state index in [-0.39, 0.29) is 18.4 Å². The molecule has 29 heavy (non-hydrogen) atoms. The fourth-order valence-corrected chi connectivity index (χ4v) is 3.40. The number of fused-ring (bicyclic) bond motifs is 1. The Morgan fingerprint density at radius 2 is 1.72 bits per heavy atom. The quantitative estimate of drug-likeness (QED) is 0.725. The van der Waals surface area contributed by atoms with E-state index in [1.165, 1.54) is 0 Å². The minimum absolute atomic E-state index is 0.0282. The van der Waals surface area contributed by atoms with Crippen molar-refractivity contribution < 1.29 is 14.3 Å². The van der Waals surface area contributed by atoms with Crippen molar-refractivity contribution in [1.29, 1.82) is 0 Å². The van der Waals surface area contributed by atoms with Crippen LogP contribution in [0.2, 0.25) is 0 Å². The topological polar surface area (TPSA) is 58.6 Å². The zero-order valence-electron chi connectivity index (χ0n) is 16.2. The van der Waals surface area contributed by atoms with Crippen molar-refractivity contribution in [2.24, 2.45) is 0 Å². The first-order valence-corrected chi connectivity index (χ1v) is 9.55. The molecule has 1 aliphatic heterocycles. The van der Waals surface area contributed by atoms with E-state index < -0.39 is 0 Å². The number of anilines is 1. The lowest BCUT2D eigenvalue weighted by atomic mass is 10.1. The summed E-state index contributed by atoms with van der Waals surface area (Å²) in [6, 6.07) is 23.2. The Bertz CT molecular complexity index is 1050. The third kappa shape index (κ3) is 4.14. The van der Waals surface area contributed by atoms with Gasteiger partial charge in [0.25, 0.3) is 5.91 Å². The average molecular weight is 386 g/mol. The lowest BCUT2D eigenvalue weighted by molar-refractivity contribution is -0.117. The number of ether oxygens (including phenoxy) is 1. The molecule has 146 valence electrons. The summed E-state index contributed by atoms with van der Waals surface area (Å²) in [6.07, 6.45) is 0. The van der Waals surface area contributed by atoms with E-state index in [0.29, 0.717) is 24.4 Å². The zero-order chi connectivity index (χ0) is 20.2. The maximum Gasteiger partial charge on any atom is 0.253 e. The molecule has 0 spiro atoms. The van der Waals surface area contributed by atoms with Crippen LogP contribution in [0.15, 0.2) is 72.8 Å². The van der Waals surface area contributed by atoms with Crippen LogP contribution in [0.1, 0.15) is 27.0 Å². The van der Waals surface area contributed by atoms with Gasteiger partial charge in [-0.3, -0.25) is 9.59 Å². The Morgan fingerprint density at radius 1 is 0.966 bits per heavy atom. The summed E-state index contributed by atoms with van der Waals surface area (Å²) in [7, 11) is 0. The molecule has 0 fully saturated rings. The summed E-state index contributed by atoms with van der Waals surface area (Å²) in [5, 5.41) is 2.69. The van der Waals surface area contributed by atoms with Crippen LogP contribution in [0.3, 0.4) is 0 Å². The van der Waals surface area contributed by atoms with Crippen molar-refractivity contribution in [2.75, 3.05) is 11.4 Å². The third-order valence-electron chi connectivity index (χ3n) is 4.93. The summed E-state index contributed by atoms with van der Waals surface area (Å²) >= 11 is 0. The van der Waals surface area contributed by atoms with Crippen molar-refractivity contribution >= 4 is 17.5 Å². The molecule has 1 aliphatic rings. The fourth-order valence-electron chi connectivity index (χ4n) is 3.40. The van der Waals surface area contributed by atoms with Crippen LogP contribution in [-0.4, -0.2) is 18.4 Å². The van der Waals surface area contributed by atoms with E-state index >= 15 is 0 Å². The SMILES string of the molecule is Cc1ccc2c(c1)C(=O)NCC(=O)N2Cc1ccccc1OCc1ccccc1. The number of para-hydroxylation sites is 1. The summed E-state index contributed by atoms with van der Waals surface area (Å²) in [5.41, 5.74) is 4.06. The van der Waals surface area contributed by atoms with E-state index in [1.807, 2.05) is 79.7 Å². The molecule has 0 aromatic heterocycles. The van der Waals surface area contributed by atoms with Gasteiger partial charge in [0.15, 0.2) is 0 Å². The number of carbonyl (C=O) groups excluding carboxylic acids is 2. The van der Waals surface area contributed by atoms with Crippen LogP contribution in [0.5, 0.6) is 5.75 Å². The van der Waals surface area contributed by atoms with Gasteiger partial charge in [-0.1, -0.05) is 60.2 Å². The highest BCUT2D eigenvalue weighted by molar-refractivity contribution is 6.09. The van der Waals surface area contributed by atoms with Crippen LogP contribution >= 0.6 is 0 Å². The van der Waals surface area contributed by atoms with Gasteiger partial charge < -0.3 is 15.0 Å². The first-order valence-electron chi connectivity index (χ1n) is 9.55. The number of rotatable bonds is 5. The first kappa shape index (κ1) is 18.7. The number of nitrogens with zero attached hydrogens (tertiary/aromatic N) is 1. The maximum absolute atomic E-state index is 12.8. The fraction of sp³-hybridized carbons (Fsp3) is 0.167. The molecular weight excluding hydrogens is 364 g/mol. The van der Waals surface area contributed by atoms with Gasteiger partial charge in [-0.05, 0) is 30.7 Å². The lowest BCUT2D eigenvalue weighted by Gasteiger charge is -2.23. The Kier molecular flexibility index (Phi) is 5.29. The highest BCUT2D eigenvalue weighted by Crippen LogP contribution is 2.28. The van der Waals surface area contributed by atoms with Crippen LogP contribution in [0.25, 0.3) is 0 Å². The van der Waals surface area contributed by atoms with Crippen molar-refractivity contribution in [3.05, 3.63) is 95.1 Å². The van der Waals surface area contributed by atoms with E-state index in [4.69, 9.17) is 4.74 Å². The van der Waals surface area contributed by atoms with Gasteiger partial charge >= 0.3 is 0 Å². The number of carbonyl (C=O) groups is 2. The van der Waals surface area contributed by atoms with Gasteiger partial charge in [0, 0.05) is 5.56 Å². The van der Waals surface area contributed by atoms with E-state index in [9.17, 15) is 9.59 Å². The van der Waals surface area contributed by atoms with Gasteiger partial charge in [0.1, 0.15) is 12.4 Å². The van der Waals surface area contributed by atoms with Crippen LogP contribution in [0, 0.1) is 6.92 Å². The van der Waals surface area contributed by atoms with Crippen molar-refractivity contribution in [2.45, 2.75) is 20.1 Å². The van der Waals surface area contributed by atoms with Crippen molar-refractivity contribution in [3.8, 4) is 5.75 Å². The molecule has 2 amide bonds. The Balaban J connectivity index is 1.62. The summed E-state index contributed by atoms with van der Waals surface area (Å²) < 4.78 is 6.04. The van der Waals surface area contributed by atoms with Crippen LogP contribution < -0.4 is 15.0 Å². The van der Waals surface area contributed by atoms with Gasteiger partial charge in [-0.15, -0.1) is 0 Å². The minimum Gasteiger partial charge on any atom is -0.489 e. The summed E-state index contributed by atoms with van der Waals surface area (Å²) in [4.78, 5) is 26.8. The molecule has 0 atom stereocenters. The largest absolute Gasteiger partial charge is 0.489 e. The van der Waals surface area contributed by atoms with Crippen LogP contribution in [-0.2, 0) is 17.9 Å². The molecule has 3 aromatic rings. The molecule has 0 saturated heterocycles. The van der Waals surface area contributed by atoms with Gasteiger partial charge in [0.2, 0.25) is 5.91 Å². The highest BCUT2D eigenvalue weighted by Gasteiger charge is 2.27. The lowest BCUT2D eigenvalue weighted by Crippen LogP contribution is -2.36. The standard InChI is InChI=1S/C24H22N2O3/c1-17-11-12-21-20(13-17)24(28)25-14-23(27)26(21)15-19-9-5-6-10-22(19)29-16-18-7-3-2-4-8-18/h2-13H,14-16H2,1H3,(H,25,28). The molecular formula is C24H22N2O3. The molecule has 5 nitrogen and oxygen atoms in total. The second kappa shape index (κ2) is 8.19. The van der Waals surface area contributed by atoms with Gasteiger partial charge in [-0.2, -0.15) is 0 Å².